The van der Waals surface area contributed by atoms with E-state index in [9.17, 15) is 19.7 Å². The van der Waals surface area contributed by atoms with E-state index in [0.717, 1.165) is 0 Å². The van der Waals surface area contributed by atoms with Gasteiger partial charge >= 0.3 is 6.03 Å². The van der Waals surface area contributed by atoms with Crippen LogP contribution in [0.2, 0.25) is 0 Å². The summed E-state index contributed by atoms with van der Waals surface area (Å²) in [6.07, 6.45) is 0. The van der Waals surface area contributed by atoms with Crippen molar-refractivity contribution < 1.29 is 19.2 Å². The molecule has 0 aliphatic rings. The number of hydrogen-bond donors (Lipinski definition) is 3. The fraction of sp³-hybridized carbons (Fsp3) is 0.125. The first-order chi connectivity index (χ1) is 11.9. The van der Waals surface area contributed by atoms with Gasteiger partial charge < -0.3 is 20.7 Å². The number of anilines is 3. The van der Waals surface area contributed by atoms with Crippen molar-refractivity contribution in [3.05, 3.63) is 52.6 Å². The van der Waals surface area contributed by atoms with Crippen LogP contribution in [-0.2, 0) is 4.79 Å². The Morgan fingerprint density at radius 1 is 1.04 bits per heavy atom. The van der Waals surface area contributed by atoms with Crippen molar-refractivity contribution in [3.63, 3.8) is 0 Å². The van der Waals surface area contributed by atoms with E-state index in [2.05, 4.69) is 16.0 Å². The van der Waals surface area contributed by atoms with Gasteiger partial charge in [0.05, 0.1) is 17.7 Å². The van der Waals surface area contributed by atoms with Gasteiger partial charge in [0, 0.05) is 30.4 Å². The van der Waals surface area contributed by atoms with Crippen molar-refractivity contribution in [2.75, 3.05) is 23.1 Å². The van der Waals surface area contributed by atoms with Gasteiger partial charge in [0.25, 0.3) is 5.69 Å². The summed E-state index contributed by atoms with van der Waals surface area (Å²) in [5, 5.41) is 18.4. The summed E-state index contributed by atoms with van der Waals surface area (Å²) < 4.78 is 5.13. The van der Waals surface area contributed by atoms with Crippen molar-refractivity contribution in [1.29, 1.82) is 0 Å². The third kappa shape index (κ3) is 4.93. The van der Waals surface area contributed by atoms with E-state index in [1.54, 1.807) is 12.1 Å². The van der Waals surface area contributed by atoms with Crippen molar-refractivity contribution >= 4 is 34.7 Å². The van der Waals surface area contributed by atoms with E-state index in [4.69, 9.17) is 4.74 Å². The first-order valence-electron chi connectivity index (χ1n) is 7.17. The lowest BCUT2D eigenvalue weighted by Gasteiger charge is -2.12. The van der Waals surface area contributed by atoms with Crippen LogP contribution in [0.3, 0.4) is 0 Å². The lowest BCUT2D eigenvalue weighted by molar-refractivity contribution is -0.384. The second-order valence-electron chi connectivity index (χ2n) is 4.98. The zero-order chi connectivity index (χ0) is 18.4. The van der Waals surface area contributed by atoms with Crippen molar-refractivity contribution in [1.82, 2.24) is 0 Å². The van der Waals surface area contributed by atoms with Gasteiger partial charge in [-0.15, -0.1) is 0 Å². The molecule has 130 valence electrons. The normalized spacial score (nSPS) is 9.84. The Morgan fingerprint density at radius 2 is 1.72 bits per heavy atom. The SMILES string of the molecule is COc1ccc(NC(=O)Nc2cccc([N+](=O)[O-])c2)cc1NC(C)=O. The molecule has 0 aliphatic heterocycles. The molecule has 0 atom stereocenters. The molecule has 0 bridgehead atoms. The summed E-state index contributed by atoms with van der Waals surface area (Å²) >= 11 is 0. The summed E-state index contributed by atoms with van der Waals surface area (Å²) in [4.78, 5) is 33.5. The molecule has 0 aliphatic carbocycles. The van der Waals surface area contributed by atoms with E-state index in [1.165, 1.54) is 44.4 Å². The van der Waals surface area contributed by atoms with Gasteiger partial charge in [-0.3, -0.25) is 14.9 Å². The number of nitro groups is 1. The van der Waals surface area contributed by atoms with Gasteiger partial charge in [-0.05, 0) is 24.3 Å². The third-order valence-corrected chi connectivity index (χ3v) is 3.08. The molecule has 2 rings (SSSR count). The number of methoxy groups -OCH3 is 1. The highest BCUT2D eigenvalue weighted by Crippen LogP contribution is 2.28. The monoisotopic (exact) mass is 344 g/mol. The van der Waals surface area contributed by atoms with Gasteiger partial charge in [0.15, 0.2) is 0 Å². The summed E-state index contributed by atoms with van der Waals surface area (Å²) in [5.74, 6) is 0.163. The fourth-order valence-corrected chi connectivity index (χ4v) is 2.06. The van der Waals surface area contributed by atoms with Crippen LogP contribution in [0.25, 0.3) is 0 Å². The van der Waals surface area contributed by atoms with E-state index in [-0.39, 0.29) is 17.3 Å². The van der Waals surface area contributed by atoms with Gasteiger partial charge in [-0.1, -0.05) is 6.07 Å². The quantitative estimate of drug-likeness (QED) is 0.568. The highest BCUT2D eigenvalue weighted by Gasteiger charge is 2.10. The largest absolute Gasteiger partial charge is 0.495 e. The lowest BCUT2D eigenvalue weighted by atomic mass is 10.2. The maximum Gasteiger partial charge on any atom is 0.323 e. The molecule has 0 heterocycles. The molecule has 2 aromatic carbocycles. The molecule has 9 heteroatoms. The molecular weight excluding hydrogens is 328 g/mol. The predicted octanol–water partition coefficient (Wildman–Crippen LogP) is 3.21. The average Bonchev–Trinajstić information content (AvgIpc) is 2.54. The number of rotatable bonds is 5. The second-order valence-corrected chi connectivity index (χ2v) is 4.98. The van der Waals surface area contributed by atoms with E-state index in [1.807, 2.05) is 0 Å². The number of ether oxygens (including phenoxy) is 1. The Labute approximate surface area is 143 Å². The van der Waals surface area contributed by atoms with Crippen LogP contribution in [0.15, 0.2) is 42.5 Å². The Morgan fingerprint density at radius 3 is 2.32 bits per heavy atom. The van der Waals surface area contributed by atoms with Crippen molar-refractivity contribution in [2.24, 2.45) is 0 Å². The minimum atomic E-state index is -0.584. The number of nitrogens with zero attached hydrogens (tertiary/aromatic N) is 1. The molecule has 0 radical (unpaired) electrons. The Balaban J connectivity index is 2.11. The van der Waals surface area contributed by atoms with Crippen LogP contribution in [0.1, 0.15) is 6.92 Å². The Hall–Kier alpha value is -3.62. The molecule has 0 saturated heterocycles. The second kappa shape index (κ2) is 7.77. The zero-order valence-corrected chi connectivity index (χ0v) is 13.5. The fourth-order valence-electron chi connectivity index (χ4n) is 2.06. The molecule has 0 fully saturated rings. The molecule has 0 unspecified atom stereocenters. The van der Waals surface area contributed by atoms with E-state index >= 15 is 0 Å². The summed E-state index contributed by atoms with van der Waals surface area (Å²) in [7, 11) is 1.46. The van der Waals surface area contributed by atoms with Crippen LogP contribution >= 0.6 is 0 Å². The predicted molar refractivity (Wildman–Crippen MR) is 93.0 cm³/mol. The zero-order valence-electron chi connectivity index (χ0n) is 13.5. The molecule has 0 spiro atoms. The van der Waals surface area contributed by atoms with Crippen LogP contribution in [0.5, 0.6) is 5.75 Å². The number of carbonyl (C=O) groups is 2. The van der Waals surface area contributed by atoms with Crippen LogP contribution < -0.4 is 20.7 Å². The third-order valence-electron chi connectivity index (χ3n) is 3.08. The summed E-state index contributed by atoms with van der Waals surface area (Å²) in [6, 6.07) is 9.71. The standard InChI is InChI=1S/C16H16N4O5/c1-10(21)17-14-9-12(6-7-15(14)25-2)19-16(22)18-11-4-3-5-13(8-11)20(23)24/h3-9H,1-2H3,(H,17,21)(H2,18,19,22). The highest BCUT2D eigenvalue weighted by molar-refractivity contribution is 6.01. The van der Waals surface area contributed by atoms with Crippen LogP contribution in [0, 0.1) is 10.1 Å². The van der Waals surface area contributed by atoms with E-state index < -0.39 is 11.0 Å². The topological polar surface area (TPSA) is 123 Å². The minimum absolute atomic E-state index is 0.129. The number of nitrogens with one attached hydrogen (secondary N) is 3. The lowest BCUT2D eigenvalue weighted by Crippen LogP contribution is -2.19. The number of nitro benzene ring substituents is 1. The van der Waals surface area contributed by atoms with E-state index in [0.29, 0.717) is 17.1 Å². The van der Waals surface area contributed by atoms with Gasteiger partial charge in [-0.25, -0.2) is 4.79 Å². The van der Waals surface area contributed by atoms with Gasteiger partial charge in [0.1, 0.15) is 5.75 Å². The Kier molecular flexibility index (Phi) is 5.51. The van der Waals surface area contributed by atoms with Gasteiger partial charge in [0.2, 0.25) is 5.91 Å². The maximum absolute atomic E-state index is 12.0. The number of benzene rings is 2. The number of urea groups is 1. The first kappa shape index (κ1) is 17.7. The highest BCUT2D eigenvalue weighted by atomic mass is 16.6. The molecule has 3 N–H and O–H groups in total. The van der Waals surface area contributed by atoms with Gasteiger partial charge in [-0.2, -0.15) is 0 Å². The average molecular weight is 344 g/mol. The van der Waals surface area contributed by atoms with Crippen LogP contribution in [-0.4, -0.2) is 24.0 Å². The number of hydrogen-bond acceptors (Lipinski definition) is 5. The maximum atomic E-state index is 12.0. The molecule has 25 heavy (non-hydrogen) atoms. The Bertz CT molecular complexity index is 822. The summed E-state index contributed by atoms with van der Waals surface area (Å²) in [5.41, 5.74) is 0.966. The van der Waals surface area contributed by atoms with Crippen LogP contribution in [0.4, 0.5) is 27.5 Å². The number of amides is 3. The molecular formula is C16H16N4O5. The van der Waals surface area contributed by atoms with Crippen molar-refractivity contribution in [3.8, 4) is 5.75 Å². The molecule has 3 amide bonds. The molecule has 9 nitrogen and oxygen atoms in total. The first-order valence-corrected chi connectivity index (χ1v) is 7.17. The molecule has 2 aromatic rings. The molecule has 0 saturated carbocycles. The minimum Gasteiger partial charge on any atom is -0.495 e. The van der Waals surface area contributed by atoms with Crippen molar-refractivity contribution in [2.45, 2.75) is 6.92 Å². The summed E-state index contributed by atoms with van der Waals surface area (Å²) in [6.45, 7) is 1.36. The smallest absolute Gasteiger partial charge is 0.323 e. The number of carbonyl (C=O) groups excluding carboxylic acids is 2. The molecule has 0 aromatic heterocycles. The number of non-ortho nitro benzene ring substituents is 1.